The summed E-state index contributed by atoms with van der Waals surface area (Å²) in [6.07, 6.45) is 3.45. The van der Waals surface area contributed by atoms with Gasteiger partial charge < -0.3 is 19.8 Å². The molecule has 0 spiro atoms. The molecule has 2 aromatic carbocycles. The average molecular weight is 431 g/mol. The zero-order valence-electron chi connectivity index (χ0n) is 18.0. The third kappa shape index (κ3) is 5.53. The van der Waals surface area contributed by atoms with Crippen LogP contribution in [0.3, 0.4) is 0 Å². The molecule has 4 rings (SSSR count). The molecule has 2 N–H and O–H groups in total. The number of amides is 2. The van der Waals surface area contributed by atoms with Crippen molar-refractivity contribution in [3.63, 3.8) is 0 Å². The van der Waals surface area contributed by atoms with Crippen LogP contribution in [0.4, 0.5) is 0 Å². The minimum atomic E-state index is -0.391. The second kappa shape index (κ2) is 10.1. The quantitative estimate of drug-likeness (QED) is 0.547. The highest BCUT2D eigenvalue weighted by molar-refractivity contribution is 6.05. The van der Waals surface area contributed by atoms with Crippen LogP contribution in [0.15, 0.2) is 76.8 Å². The molecule has 0 aliphatic carbocycles. The smallest absolute Gasteiger partial charge is 0.268 e. The molecule has 0 bridgehead atoms. The third-order valence-electron chi connectivity index (χ3n) is 5.29. The number of hydrogen-bond donors (Lipinski definition) is 2. The summed E-state index contributed by atoms with van der Waals surface area (Å²) in [6, 6.07) is 20.4. The minimum Gasteiger partial charge on any atom is -0.457 e. The molecule has 32 heavy (non-hydrogen) atoms. The molecule has 6 heteroatoms. The maximum Gasteiger partial charge on any atom is 0.268 e. The molecular weight excluding hydrogens is 404 g/mol. The number of rotatable bonds is 7. The van der Waals surface area contributed by atoms with E-state index in [-0.39, 0.29) is 17.7 Å². The fraction of sp³-hybridized carbons (Fsp3) is 0.231. The summed E-state index contributed by atoms with van der Waals surface area (Å²) in [4.78, 5) is 25.6. The van der Waals surface area contributed by atoms with Crippen molar-refractivity contribution in [2.45, 2.75) is 25.9 Å². The molecular formula is C26H26N2O4. The Morgan fingerprint density at radius 3 is 2.53 bits per heavy atom. The summed E-state index contributed by atoms with van der Waals surface area (Å²) >= 11 is 0. The van der Waals surface area contributed by atoms with Crippen molar-refractivity contribution < 1.29 is 18.7 Å². The van der Waals surface area contributed by atoms with E-state index in [1.807, 2.05) is 43.3 Å². The summed E-state index contributed by atoms with van der Waals surface area (Å²) in [5, 5.41) is 5.58. The van der Waals surface area contributed by atoms with Crippen molar-refractivity contribution in [3.05, 3.63) is 89.3 Å². The number of hydrogen-bond acceptors (Lipinski definition) is 4. The fourth-order valence-corrected chi connectivity index (χ4v) is 3.50. The van der Waals surface area contributed by atoms with Crippen LogP contribution in [0.25, 0.3) is 17.4 Å². The monoisotopic (exact) mass is 430 g/mol. The lowest BCUT2D eigenvalue weighted by atomic mass is 10.1. The predicted octanol–water partition coefficient (Wildman–Crippen LogP) is 4.32. The molecule has 1 unspecified atom stereocenters. The van der Waals surface area contributed by atoms with Gasteiger partial charge in [-0.1, -0.05) is 48.0 Å². The Bertz CT molecular complexity index is 1090. The van der Waals surface area contributed by atoms with Gasteiger partial charge in [-0.05, 0) is 44.0 Å². The number of carbonyl (C=O) groups excluding carboxylic acids is 2. The largest absolute Gasteiger partial charge is 0.457 e. The Balaban J connectivity index is 1.54. The molecule has 1 fully saturated rings. The van der Waals surface area contributed by atoms with E-state index in [9.17, 15) is 9.59 Å². The van der Waals surface area contributed by atoms with Crippen LogP contribution in [-0.2, 0) is 9.53 Å². The summed E-state index contributed by atoms with van der Waals surface area (Å²) in [5.74, 6) is 0.397. The lowest BCUT2D eigenvalue weighted by molar-refractivity contribution is -0.118. The maximum atomic E-state index is 12.9. The molecule has 6 nitrogen and oxygen atoms in total. The molecule has 1 aliphatic heterocycles. The van der Waals surface area contributed by atoms with E-state index in [0.29, 0.717) is 30.2 Å². The molecule has 1 atom stereocenters. The molecule has 1 aromatic heterocycles. The van der Waals surface area contributed by atoms with Crippen molar-refractivity contribution in [2.75, 3.05) is 13.2 Å². The van der Waals surface area contributed by atoms with Crippen LogP contribution < -0.4 is 10.6 Å². The summed E-state index contributed by atoms with van der Waals surface area (Å²) in [7, 11) is 0. The Morgan fingerprint density at radius 1 is 1.03 bits per heavy atom. The van der Waals surface area contributed by atoms with E-state index < -0.39 is 5.91 Å². The van der Waals surface area contributed by atoms with Gasteiger partial charge in [-0.3, -0.25) is 9.59 Å². The van der Waals surface area contributed by atoms with E-state index in [1.54, 1.807) is 36.4 Å². The first-order chi connectivity index (χ1) is 15.6. The Hall–Kier alpha value is -3.64. The van der Waals surface area contributed by atoms with Crippen molar-refractivity contribution >= 4 is 17.9 Å². The number of aryl methyl sites for hydroxylation is 1. The van der Waals surface area contributed by atoms with Crippen molar-refractivity contribution in [1.82, 2.24) is 10.6 Å². The third-order valence-corrected chi connectivity index (χ3v) is 5.29. The molecule has 0 radical (unpaired) electrons. The molecule has 1 saturated heterocycles. The van der Waals surface area contributed by atoms with Gasteiger partial charge in [0.15, 0.2) is 0 Å². The van der Waals surface area contributed by atoms with E-state index in [1.165, 1.54) is 0 Å². The second-order valence-corrected chi connectivity index (χ2v) is 7.79. The molecule has 2 amide bonds. The fourth-order valence-electron chi connectivity index (χ4n) is 3.50. The van der Waals surface area contributed by atoms with Gasteiger partial charge in [-0.25, -0.2) is 0 Å². The minimum absolute atomic E-state index is 0.00165. The highest BCUT2D eigenvalue weighted by atomic mass is 16.5. The van der Waals surface area contributed by atoms with Crippen LogP contribution in [0.2, 0.25) is 0 Å². The number of nitrogens with one attached hydrogen (secondary N) is 2. The van der Waals surface area contributed by atoms with Crippen molar-refractivity contribution in [3.8, 4) is 11.3 Å². The number of furan rings is 1. The van der Waals surface area contributed by atoms with Crippen molar-refractivity contribution in [1.29, 1.82) is 0 Å². The van der Waals surface area contributed by atoms with Gasteiger partial charge in [0.2, 0.25) is 0 Å². The Kier molecular flexibility index (Phi) is 6.82. The van der Waals surface area contributed by atoms with E-state index >= 15 is 0 Å². The van der Waals surface area contributed by atoms with Crippen LogP contribution in [0.1, 0.15) is 34.5 Å². The molecule has 0 saturated carbocycles. The van der Waals surface area contributed by atoms with Crippen LogP contribution >= 0.6 is 0 Å². The topological polar surface area (TPSA) is 80.6 Å². The second-order valence-electron chi connectivity index (χ2n) is 7.79. The molecule has 2 heterocycles. The zero-order valence-corrected chi connectivity index (χ0v) is 18.0. The van der Waals surface area contributed by atoms with Gasteiger partial charge in [0.1, 0.15) is 17.2 Å². The Labute approximate surface area is 187 Å². The van der Waals surface area contributed by atoms with Gasteiger partial charge in [-0.2, -0.15) is 0 Å². The zero-order chi connectivity index (χ0) is 22.3. The summed E-state index contributed by atoms with van der Waals surface area (Å²) in [6.45, 7) is 3.13. The van der Waals surface area contributed by atoms with E-state index in [4.69, 9.17) is 9.15 Å². The van der Waals surface area contributed by atoms with Gasteiger partial charge in [0.05, 0.1) is 6.10 Å². The lowest BCUT2D eigenvalue weighted by Gasteiger charge is -2.13. The normalized spacial score (nSPS) is 16.0. The van der Waals surface area contributed by atoms with E-state index in [0.717, 1.165) is 24.0 Å². The SMILES string of the molecule is Cc1ccc(-c2ccc(C=C(NC(=O)c3ccccc3)C(=O)NCC3CCCO3)o2)cc1. The predicted molar refractivity (Wildman–Crippen MR) is 123 cm³/mol. The summed E-state index contributed by atoms with van der Waals surface area (Å²) in [5.41, 5.74) is 2.67. The van der Waals surface area contributed by atoms with Gasteiger partial charge in [0, 0.05) is 30.4 Å². The highest BCUT2D eigenvalue weighted by Gasteiger charge is 2.19. The number of benzene rings is 2. The van der Waals surface area contributed by atoms with Crippen LogP contribution in [0, 0.1) is 6.92 Å². The van der Waals surface area contributed by atoms with Crippen molar-refractivity contribution in [2.24, 2.45) is 0 Å². The highest BCUT2D eigenvalue weighted by Crippen LogP contribution is 2.23. The standard InChI is InChI=1S/C26H26N2O4/c1-18-9-11-19(12-10-18)24-14-13-21(32-24)16-23(26(30)27-17-22-8-5-15-31-22)28-25(29)20-6-3-2-4-7-20/h2-4,6-7,9-14,16,22H,5,8,15,17H2,1H3,(H,27,30)(H,28,29). The Morgan fingerprint density at radius 2 is 1.81 bits per heavy atom. The number of carbonyl (C=O) groups is 2. The average Bonchev–Trinajstić information content (AvgIpc) is 3.50. The van der Waals surface area contributed by atoms with Crippen LogP contribution in [-0.4, -0.2) is 31.1 Å². The van der Waals surface area contributed by atoms with Gasteiger partial charge >= 0.3 is 0 Å². The van der Waals surface area contributed by atoms with Gasteiger partial charge in [0.25, 0.3) is 11.8 Å². The summed E-state index contributed by atoms with van der Waals surface area (Å²) < 4.78 is 11.5. The first-order valence-corrected chi connectivity index (χ1v) is 10.7. The lowest BCUT2D eigenvalue weighted by Crippen LogP contribution is -2.38. The first-order valence-electron chi connectivity index (χ1n) is 10.7. The molecule has 3 aromatic rings. The van der Waals surface area contributed by atoms with Crippen LogP contribution in [0.5, 0.6) is 0 Å². The molecule has 1 aliphatic rings. The first kappa shape index (κ1) is 21.6. The van der Waals surface area contributed by atoms with E-state index in [2.05, 4.69) is 10.6 Å². The number of ether oxygens (including phenoxy) is 1. The maximum absolute atomic E-state index is 12.9. The molecule has 164 valence electrons. The van der Waals surface area contributed by atoms with Gasteiger partial charge in [-0.15, -0.1) is 0 Å².